The van der Waals surface area contributed by atoms with Crippen LogP contribution in [0.1, 0.15) is 51.8 Å². The van der Waals surface area contributed by atoms with Crippen LogP contribution in [0.3, 0.4) is 0 Å². The van der Waals surface area contributed by atoms with Crippen LogP contribution in [-0.2, 0) is 4.74 Å². The highest BCUT2D eigenvalue weighted by Gasteiger charge is 2.27. The minimum atomic E-state index is -0.482. The van der Waals surface area contributed by atoms with Crippen molar-refractivity contribution >= 4 is 45.5 Å². The quantitative estimate of drug-likeness (QED) is 0.535. The fourth-order valence-corrected chi connectivity index (χ4v) is 4.85. The number of carbonyl (C=O) groups excluding carboxylic acids is 2. The van der Waals surface area contributed by atoms with Gasteiger partial charge in [-0.05, 0) is 50.5 Å². The number of thiocarbonyl (C=S) groups is 1. The Kier molecular flexibility index (Phi) is 8.21. The van der Waals surface area contributed by atoms with E-state index in [1.807, 2.05) is 0 Å². The molecule has 1 aliphatic heterocycles. The second kappa shape index (κ2) is 10.2. The second-order valence-electron chi connectivity index (χ2n) is 7.17. The van der Waals surface area contributed by atoms with Crippen molar-refractivity contribution in [2.75, 3.05) is 46.2 Å². The van der Waals surface area contributed by atoms with Gasteiger partial charge in [-0.3, -0.25) is 4.79 Å². The predicted molar refractivity (Wildman–Crippen MR) is 118 cm³/mol. The molecule has 0 radical (unpaired) electrons. The summed E-state index contributed by atoms with van der Waals surface area (Å²) in [6.07, 6.45) is 3.22. The van der Waals surface area contributed by atoms with Gasteiger partial charge in [0.2, 0.25) is 0 Å². The van der Waals surface area contributed by atoms with Gasteiger partial charge in [0.15, 0.2) is 5.11 Å². The number of nitrogens with one attached hydrogen (secondary N) is 2. The highest BCUT2D eigenvalue weighted by molar-refractivity contribution is 7.80. The summed E-state index contributed by atoms with van der Waals surface area (Å²) < 4.78 is 4.91. The third-order valence-electron chi connectivity index (χ3n) is 4.83. The summed E-state index contributed by atoms with van der Waals surface area (Å²) in [6.45, 7) is 7.20. The number of likely N-dealkylation sites (tertiary alicyclic amines) is 1. The number of nitrogens with zero attached hydrogens (tertiary/aromatic N) is 2. The van der Waals surface area contributed by atoms with Crippen molar-refractivity contribution < 1.29 is 14.3 Å². The van der Waals surface area contributed by atoms with Crippen molar-refractivity contribution in [1.82, 2.24) is 15.1 Å². The number of amides is 1. The van der Waals surface area contributed by atoms with Crippen LogP contribution in [0.15, 0.2) is 0 Å². The van der Waals surface area contributed by atoms with Gasteiger partial charge in [-0.2, -0.15) is 0 Å². The maximum atomic E-state index is 12.4. The van der Waals surface area contributed by atoms with E-state index in [0.717, 1.165) is 32.5 Å². The van der Waals surface area contributed by atoms with Crippen molar-refractivity contribution in [3.63, 3.8) is 0 Å². The average Bonchev–Trinajstić information content (AvgIpc) is 2.97. The Bertz CT molecular complexity index is 725. The lowest BCUT2D eigenvalue weighted by Gasteiger charge is -2.32. The molecule has 1 aliphatic rings. The van der Waals surface area contributed by atoms with Crippen LogP contribution >= 0.6 is 23.6 Å². The average molecular weight is 427 g/mol. The van der Waals surface area contributed by atoms with Crippen LogP contribution in [0.5, 0.6) is 0 Å². The van der Waals surface area contributed by atoms with E-state index in [1.54, 1.807) is 21.0 Å². The number of methoxy groups -OCH3 is 1. The molecule has 0 atom stereocenters. The number of hydrogen-bond donors (Lipinski definition) is 2. The second-order valence-corrected chi connectivity index (χ2v) is 8.59. The van der Waals surface area contributed by atoms with Crippen molar-refractivity contribution in [2.24, 2.45) is 0 Å². The van der Waals surface area contributed by atoms with Crippen LogP contribution < -0.4 is 10.6 Å². The number of piperidine rings is 1. The van der Waals surface area contributed by atoms with E-state index in [-0.39, 0.29) is 5.91 Å². The van der Waals surface area contributed by atoms with Crippen LogP contribution in [0.2, 0.25) is 0 Å². The summed E-state index contributed by atoms with van der Waals surface area (Å²) in [5.74, 6) is -0.632. The van der Waals surface area contributed by atoms with Crippen LogP contribution in [-0.4, -0.2) is 73.7 Å². The number of rotatable bonds is 6. The minimum absolute atomic E-state index is 0.150. The summed E-state index contributed by atoms with van der Waals surface area (Å²) >= 11 is 6.70. The zero-order valence-corrected chi connectivity index (χ0v) is 18.9. The van der Waals surface area contributed by atoms with Crippen LogP contribution in [0, 0.1) is 6.92 Å². The molecule has 1 amide bonds. The van der Waals surface area contributed by atoms with Crippen molar-refractivity contribution in [3.8, 4) is 0 Å². The summed E-state index contributed by atoms with van der Waals surface area (Å²) in [6, 6.07) is 0.304. The summed E-state index contributed by atoms with van der Waals surface area (Å²) in [5, 5.41) is 7.47. The molecule has 2 heterocycles. The first-order valence-corrected chi connectivity index (χ1v) is 10.7. The van der Waals surface area contributed by atoms with E-state index in [9.17, 15) is 9.59 Å². The Balaban J connectivity index is 2.10. The summed E-state index contributed by atoms with van der Waals surface area (Å²) in [4.78, 5) is 29.2. The number of anilines is 1. The summed E-state index contributed by atoms with van der Waals surface area (Å²) in [7, 11) is 4.70. The molecule has 1 aromatic heterocycles. The van der Waals surface area contributed by atoms with Crippen molar-refractivity contribution in [2.45, 2.75) is 39.2 Å². The van der Waals surface area contributed by atoms with Crippen molar-refractivity contribution in [1.29, 1.82) is 0 Å². The van der Waals surface area contributed by atoms with E-state index in [2.05, 4.69) is 22.5 Å². The SMILES string of the molecule is CCCN1CCC(NC(=S)Nc2sc(C(=O)N(C)C)c(C)c2C(=O)OC)CC1. The third-order valence-corrected chi connectivity index (χ3v) is 6.24. The molecule has 2 N–H and O–H groups in total. The molecule has 2 rings (SSSR count). The number of thiophene rings is 1. The molecular weight excluding hydrogens is 396 g/mol. The highest BCUT2D eigenvalue weighted by Crippen LogP contribution is 2.34. The van der Waals surface area contributed by atoms with E-state index in [0.29, 0.717) is 32.2 Å². The molecule has 0 bridgehead atoms. The molecular formula is C19H30N4O3S2. The number of carbonyl (C=O) groups is 2. The zero-order chi connectivity index (χ0) is 20.8. The first kappa shape index (κ1) is 22.6. The molecule has 7 nitrogen and oxygen atoms in total. The molecule has 28 heavy (non-hydrogen) atoms. The lowest BCUT2D eigenvalue weighted by atomic mass is 10.1. The van der Waals surface area contributed by atoms with Crippen LogP contribution in [0.4, 0.5) is 5.00 Å². The molecule has 0 saturated carbocycles. The number of esters is 1. The lowest BCUT2D eigenvalue weighted by molar-refractivity contribution is 0.0601. The topological polar surface area (TPSA) is 73.9 Å². The molecule has 156 valence electrons. The van der Waals surface area contributed by atoms with Gasteiger partial charge >= 0.3 is 5.97 Å². The first-order chi connectivity index (χ1) is 13.3. The molecule has 0 aliphatic carbocycles. The van der Waals surface area contributed by atoms with Gasteiger partial charge in [-0.1, -0.05) is 6.92 Å². The van der Waals surface area contributed by atoms with Gasteiger partial charge in [0.25, 0.3) is 5.91 Å². The smallest absolute Gasteiger partial charge is 0.341 e. The molecule has 1 aromatic rings. The Morgan fingerprint density at radius 2 is 1.96 bits per heavy atom. The molecule has 9 heteroatoms. The van der Waals surface area contributed by atoms with Crippen molar-refractivity contribution in [3.05, 3.63) is 16.0 Å². The normalized spacial score (nSPS) is 15.2. The van der Waals surface area contributed by atoms with E-state index >= 15 is 0 Å². The maximum absolute atomic E-state index is 12.4. The van der Waals surface area contributed by atoms with Gasteiger partial charge in [0.1, 0.15) is 5.00 Å². The number of ether oxygens (including phenoxy) is 1. The van der Waals surface area contributed by atoms with Gasteiger partial charge in [0.05, 0.1) is 17.6 Å². The lowest BCUT2D eigenvalue weighted by Crippen LogP contribution is -2.46. The van der Waals surface area contributed by atoms with Gasteiger partial charge in [-0.15, -0.1) is 11.3 Å². The minimum Gasteiger partial charge on any atom is -0.465 e. The van der Waals surface area contributed by atoms with Gasteiger partial charge < -0.3 is 25.2 Å². The van der Waals surface area contributed by atoms with Gasteiger partial charge in [-0.25, -0.2) is 4.79 Å². The Hall–Kier alpha value is -1.71. The highest BCUT2D eigenvalue weighted by atomic mass is 32.1. The first-order valence-electron chi connectivity index (χ1n) is 9.51. The Morgan fingerprint density at radius 1 is 1.32 bits per heavy atom. The Labute approximate surface area is 176 Å². The maximum Gasteiger partial charge on any atom is 0.341 e. The van der Waals surface area contributed by atoms with E-state index in [4.69, 9.17) is 17.0 Å². The Morgan fingerprint density at radius 3 is 2.50 bits per heavy atom. The molecule has 1 saturated heterocycles. The molecule has 0 spiro atoms. The van der Waals surface area contributed by atoms with Gasteiger partial charge in [0, 0.05) is 33.2 Å². The largest absolute Gasteiger partial charge is 0.465 e. The van der Waals surface area contributed by atoms with E-state index < -0.39 is 5.97 Å². The summed E-state index contributed by atoms with van der Waals surface area (Å²) in [5.41, 5.74) is 0.966. The predicted octanol–water partition coefficient (Wildman–Crippen LogP) is 2.71. The molecule has 0 unspecified atom stereocenters. The fraction of sp³-hybridized carbons (Fsp3) is 0.632. The molecule has 0 aromatic carbocycles. The third kappa shape index (κ3) is 5.42. The number of hydrogen-bond acceptors (Lipinski definition) is 6. The zero-order valence-electron chi connectivity index (χ0n) is 17.3. The molecule has 1 fully saturated rings. The monoisotopic (exact) mass is 426 g/mol. The standard InChI is InChI=1S/C19H30N4O3S2/c1-6-9-23-10-7-13(8-11-23)20-19(27)21-16-14(18(25)26-5)12(2)15(28-16)17(24)22(3)4/h13H,6-11H2,1-5H3,(H2,20,21,27). The fourth-order valence-electron chi connectivity index (χ4n) is 3.30. The van der Waals surface area contributed by atoms with Crippen LogP contribution in [0.25, 0.3) is 0 Å². The van der Waals surface area contributed by atoms with E-state index in [1.165, 1.54) is 29.8 Å².